The molecular formula is C21H15F3N4O2. The first-order chi connectivity index (χ1) is 14.4. The largest absolute Gasteiger partial charge is 0.464 e. The van der Waals surface area contributed by atoms with E-state index in [1.165, 1.54) is 17.1 Å². The van der Waals surface area contributed by atoms with Crippen molar-refractivity contribution in [2.75, 3.05) is 6.54 Å². The van der Waals surface area contributed by atoms with Gasteiger partial charge < -0.3 is 9.32 Å². The summed E-state index contributed by atoms with van der Waals surface area (Å²) >= 11 is 0. The third-order valence-electron chi connectivity index (χ3n) is 5.33. The van der Waals surface area contributed by atoms with Gasteiger partial charge in [-0.3, -0.25) is 14.5 Å². The lowest BCUT2D eigenvalue weighted by atomic mass is 9.99. The molecule has 1 aromatic carbocycles. The molecule has 4 heterocycles. The Bertz CT molecular complexity index is 1290. The Labute approximate surface area is 168 Å². The van der Waals surface area contributed by atoms with Crippen molar-refractivity contribution in [1.82, 2.24) is 19.7 Å². The third kappa shape index (κ3) is 2.77. The number of benzene rings is 1. The van der Waals surface area contributed by atoms with Gasteiger partial charge in [0, 0.05) is 30.9 Å². The number of carbonyl (C=O) groups excluding carboxylic acids is 1. The fourth-order valence-corrected chi connectivity index (χ4v) is 3.96. The molecule has 0 aliphatic carbocycles. The van der Waals surface area contributed by atoms with Crippen LogP contribution < -0.4 is 0 Å². The maximum absolute atomic E-state index is 13.7. The van der Waals surface area contributed by atoms with Crippen LogP contribution in [0.15, 0.2) is 41.1 Å². The first kappa shape index (κ1) is 18.4. The number of amides is 1. The second-order valence-electron chi connectivity index (χ2n) is 7.12. The summed E-state index contributed by atoms with van der Waals surface area (Å²) in [5.74, 6) is -4.27. The van der Waals surface area contributed by atoms with Crippen LogP contribution in [0.2, 0.25) is 0 Å². The molecule has 30 heavy (non-hydrogen) atoms. The Morgan fingerprint density at radius 1 is 1.17 bits per heavy atom. The summed E-state index contributed by atoms with van der Waals surface area (Å²) < 4.78 is 47.7. The van der Waals surface area contributed by atoms with E-state index in [0.717, 1.165) is 17.7 Å². The van der Waals surface area contributed by atoms with Gasteiger partial charge in [0.1, 0.15) is 11.3 Å². The molecule has 0 fully saturated rings. The molecule has 6 nitrogen and oxygen atoms in total. The van der Waals surface area contributed by atoms with E-state index in [0.29, 0.717) is 41.0 Å². The number of hydrogen-bond donors (Lipinski definition) is 0. The quantitative estimate of drug-likeness (QED) is 0.469. The molecule has 152 valence electrons. The second-order valence-corrected chi connectivity index (χ2v) is 7.12. The normalized spacial score (nSPS) is 13.7. The van der Waals surface area contributed by atoms with E-state index in [1.807, 2.05) is 0 Å². The van der Waals surface area contributed by atoms with Gasteiger partial charge >= 0.3 is 0 Å². The maximum atomic E-state index is 13.7. The van der Waals surface area contributed by atoms with Crippen LogP contribution >= 0.6 is 0 Å². The van der Waals surface area contributed by atoms with Crippen molar-refractivity contribution in [3.63, 3.8) is 0 Å². The summed E-state index contributed by atoms with van der Waals surface area (Å²) in [5.41, 5.74) is 2.98. The highest BCUT2D eigenvalue weighted by atomic mass is 19.2. The Hall–Kier alpha value is -3.62. The Balaban J connectivity index is 1.49. The number of halogens is 3. The van der Waals surface area contributed by atoms with Crippen molar-refractivity contribution in [3.05, 3.63) is 71.1 Å². The van der Waals surface area contributed by atoms with Crippen molar-refractivity contribution >= 4 is 16.9 Å². The topological polar surface area (TPSA) is 64.2 Å². The van der Waals surface area contributed by atoms with Crippen LogP contribution in [0.1, 0.15) is 21.7 Å². The molecular weight excluding hydrogens is 397 g/mol. The Morgan fingerprint density at radius 2 is 1.93 bits per heavy atom. The standard InChI is InChI=1S/C21H15F3N4O2/c1-27-20(11-8-14(22)18(24)15(23)9-11)12-3-6-28(10-16(12)26-27)21(29)19-13-4-7-30-17(13)2-5-25-19/h2,4-5,7-9H,3,6,10H2,1H3. The zero-order valence-electron chi connectivity index (χ0n) is 15.8. The van der Waals surface area contributed by atoms with Crippen molar-refractivity contribution in [2.24, 2.45) is 7.05 Å². The summed E-state index contributed by atoms with van der Waals surface area (Å²) in [7, 11) is 1.65. The van der Waals surface area contributed by atoms with Crippen LogP contribution in [0.25, 0.3) is 22.2 Å². The minimum Gasteiger partial charge on any atom is -0.464 e. The van der Waals surface area contributed by atoms with Gasteiger partial charge in [0.15, 0.2) is 17.5 Å². The van der Waals surface area contributed by atoms with Crippen LogP contribution in [0.4, 0.5) is 13.2 Å². The number of rotatable bonds is 2. The van der Waals surface area contributed by atoms with Gasteiger partial charge in [0.2, 0.25) is 0 Å². The van der Waals surface area contributed by atoms with E-state index in [2.05, 4.69) is 10.1 Å². The number of carbonyl (C=O) groups is 1. The lowest BCUT2D eigenvalue weighted by molar-refractivity contribution is 0.0728. The van der Waals surface area contributed by atoms with Crippen molar-refractivity contribution in [2.45, 2.75) is 13.0 Å². The Kier molecular flexibility index (Phi) is 4.12. The van der Waals surface area contributed by atoms with Gasteiger partial charge in [-0.2, -0.15) is 5.10 Å². The minimum absolute atomic E-state index is 0.201. The summed E-state index contributed by atoms with van der Waals surface area (Å²) in [6.07, 6.45) is 3.46. The molecule has 0 saturated heterocycles. The summed E-state index contributed by atoms with van der Waals surface area (Å²) in [5, 5.41) is 5.06. The minimum atomic E-state index is -1.51. The molecule has 1 aliphatic heterocycles. The van der Waals surface area contributed by atoms with E-state index in [-0.39, 0.29) is 18.0 Å². The molecule has 0 unspecified atom stereocenters. The zero-order valence-corrected chi connectivity index (χ0v) is 15.8. The van der Waals surface area contributed by atoms with E-state index < -0.39 is 17.5 Å². The van der Waals surface area contributed by atoms with Gasteiger partial charge in [-0.15, -0.1) is 0 Å². The molecule has 0 bridgehead atoms. The smallest absolute Gasteiger partial charge is 0.273 e. The second kappa shape index (κ2) is 6.72. The van der Waals surface area contributed by atoms with E-state index >= 15 is 0 Å². The molecule has 0 radical (unpaired) electrons. The molecule has 0 saturated carbocycles. The first-order valence-corrected chi connectivity index (χ1v) is 9.25. The molecule has 0 N–H and O–H groups in total. The Morgan fingerprint density at radius 3 is 2.70 bits per heavy atom. The van der Waals surface area contributed by atoms with Gasteiger partial charge in [-0.1, -0.05) is 0 Å². The summed E-state index contributed by atoms with van der Waals surface area (Å²) in [6.45, 7) is 0.608. The molecule has 3 aromatic heterocycles. The molecule has 5 rings (SSSR count). The maximum Gasteiger partial charge on any atom is 0.273 e. The molecule has 9 heteroatoms. The molecule has 0 spiro atoms. The fourth-order valence-electron chi connectivity index (χ4n) is 3.96. The number of pyridine rings is 1. The van der Waals surface area contributed by atoms with Crippen LogP contribution in [-0.4, -0.2) is 32.1 Å². The third-order valence-corrected chi connectivity index (χ3v) is 5.33. The van der Waals surface area contributed by atoms with Crippen LogP contribution in [0.3, 0.4) is 0 Å². The monoisotopic (exact) mass is 412 g/mol. The van der Waals surface area contributed by atoms with Gasteiger partial charge in [0.25, 0.3) is 5.91 Å². The van der Waals surface area contributed by atoms with Crippen molar-refractivity contribution < 1.29 is 22.4 Å². The predicted octanol–water partition coefficient (Wildman–Crippen LogP) is 3.84. The molecule has 1 amide bonds. The average molecular weight is 412 g/mol. The lowest BCUT2D eigenvalue weighted by Gasteiger charge is -2.26. The van der Waals surface area contributed by atoms with Crippen molar-refractivity contribution in [3.8, 4) is 11.3 Å². The number of nitrogens with zero attached hydrogens (tertiary/aromatic N) is 4. The fraction of sp³-hybridized carbons (Fsp3) is 0.190. The summed E-state index contributed by atoms with van der Waals surface area (Å²) in [6, 6.07) is 5.29. The predicted molar refractivity (Wildman–Crippen MR) is 101 cm³/mol. The van der Waals surface area contributed by atoms with E-state index in [1.54, 1.807) is 24.1 Å². The zero-order chi connectivity index (χ0) is 21.0. The number of aryl methyl sites for hydroxylation is 1. The number of fused-ring (bicyclic) bond motifs is 2. The lowest BCUT2D eigenvalue weighted by Crippen LogP contribution is -2.36. The molecule has 1 aliphatic rings. The van der Waals surface area contributed by atoms with Crippen LogP contribution in [0.5, 0.6) is 0 Å². The average Bonchev–Trinajstić information content (AvgIpc) is 3.33. The van der Waals surface area contributed by atoms with E-state index in [9.17, 15) is 18.0 Å². The molecule has 4 aromatic rings. The SMILES string of the molecule is Cn1nc2c(c1-c1cc(F)c(F)c(F)c1)CCN(C(=O)c1nccc3occc13)C2. The van der Waals surface area contributed by atoms with Gasteiger partial charge in [-0.05, 0) is 30.7 Å². The first-order valence-electron chi connectivity index (χ1n) is 9.25. The highest BCUT2D eigenvalue weighted by Gasteiger charge is 2.29. The van der Waals surface area contributed by atoms with Crippen LogP contribution in [0, 0.1) is 17.5 Å². The number of hydrogen-bond acceptors (Lipinski definition) is 4. The van der Waals surface area contributed by atoms with Crippen LogP contribution in [-0.2, 0) is 20.0 Å². The molecule has 0 atom stereocenters. The highest BCUT2D eigenvalue weighted by molar-refractivity contribution is 6.04. The highest BCUT2D eigenvalue weighted by Crippen LogP contribution is 2.32. The van der Waals surface area contributed by atoms with Gasteiger partial charge in [0.05, 0.1) is 29.6 Å². The number of aromatic nitrogens is 3. The van der Waals surface area contributed by atoms with E-state index in [4.69, 9.17) is 4.42 Å². The van der Waals surface area contributed by atoms with Crippen molar-refractivity contribution in [1.29, 1.82) is 0 Å². The number of furan rings is 1. The summed E-state index contributed by atoms with van der Waals surface area (Å²) in [4.78, 5) is 18.9. The van der Waals surface area contributed by atoms with Gasteiger partial charge in [-0.25, -0.2) is 13.2 Å².